The first kappa shape index (κ1) is 21.2. The summed E-state index contributed by atoms with van der Waals surface area (Å²) in [6.07, 6.45) is 0. The molecule has 0 bridgehead atoms. The van der Waals surface area contributed by atoms with Gasteiger partial charge in [-0.1, -0.05) is 12.1 Å². The van der Waals surface area contributed by atoms with Gasteiger partial charge in [-0.25, -0.2) is 0 Å². The highest BCUT2D eigenvalue weighted by Crippen LogP contribution is 2.36. The van der Waals surface area contributed by atoms with Gasteiger partial charge in [0.15, 0.2) is 23.9 Å². The van der Waals surface area contributed by atoms with Gasteiger partial charge in [-0.15, -0.1) is 0 Å². The van der Waals surface area contributed by atoms with Crippen LogP contribution in [0.15, 0.2) is 51.7 Å². The summed E-state index contributed by atoms with van der Waals surface area (Å²) in [6, 6.07) is 12.1. The van der Waals surface area contributed by atoms with Gasteiger partial charge in [0.25, 0.3) is 5.91 Å². The molecule has 7 heteroatoms. The van der Waals surface area contributed by atoms with Crippen LogP contribution in [-0.2, 0) is 4.79 Å². The Balaban J connectivity index is 2.12. The highest BCUT2D eigenvalue weighted by molar-refractivity contribution is 5.83. The van der Waals surface area contributed by atoms with Crippen LogP contribution in [0, 0.1) is 0 Å². The Morgan fingerprint density at radius 1 is 1.00 bits per heavy atom. The minimum absolute atomic E-state index is 0.0126. The van der Waals surface area contributed by atoms with E-state index in [1.165, 1.54) is 7.11 Å². The molecule has 0 aliphatic carbocycles. The van der Waals surface area contributed by atoms with Crippen molar-refractivity contribution in [3.63, 3.8) is 0 Å². The van der Waals surface area contributed by atoms with Crippen molar-refractivity contribution >= 4 is 16.9 Å². The Morgan fingerprint density at radius 2 is 1.70 bits per heavy atom. The molecule has 1 amide bonds. The number of hydrogen-bond acceptors (Lipinski definition) is 6. The molecule has 1 heterocycles. The van der Waals surface area contributed by atoms with Crippen LogP contribution in [0.4, 0.5) is 0 Å². The number of benzene rings is 2. The number of fused-ring (bicyclic) bond motifs is 1. The number of para-hydroxylation sites is 1. The molecule has 3 rings (SSSR count). The number of likely N-dealkylation sites (N-methyl/N-ethyl adjacent to an activating group) is 1. The van der Waals surface area contributed by atoms with E-state index in [9.17, 15) is 9.59 Å². The molecule has 30 heavy (non-hydrogen) atoms. The molecule has 7 nitrogen and oxygen atoms in total. The van der Waals surface area contributed by atoms with Crippen LogP contribution in [0.2, 0.25) is 0 Å². The van der Waals surface area contributed by atoms with Gasteiger partial charge in [0, 0.05) is 18.7 Å². The van der Waals surface area contributed by atoms with Crippen molar-refractivity contribution in [1.82, 2.24) is 4.90 Å². The molecule has 0 aliphatic rings. The van der Waals surface area contributed by atoms with E-state index in [0.29, 0.717) is 41.1 Å². The molecule has 0 saturated heterocycles. The SMILES string of the molecule is CCN(CC)C(=O)COc1c(-c2ccc(OC)c(OC)c2)oc2ccccc2c1=O. The summed E-state index contributed by atoms with van der Waals surface area (Å²) >= 11 is 0. The van der Waals surface area contributed by atoms with Crippen LogP contribution >= 0.6 is 0 Å². The van der Waals surface area contributed by atoms with Crippen molar-refractivity contribution < 1.29 is 23.4 Å². The molecule has 0 radical (unpaired) electrons. The molecule has 0 spiro atoms. The predicted octanol–water partition coefficient (Wildman–Crippen LogP) is 3.72. The topological polar surface area (TPSA) is 78.2 Å². The lowest BCUT2D eigenvalue weighted by Crippen LogP contribution is -2.35. The van der Waals surface area contributed by atoms with Gasteiger partial charge in [0.05, 0.1) is 19.6 Å². The first-order valence-electron chi connectivity index (χ1n) is 9.72. The fraction of sp³-hybridized carbons (Fsp3) is 0.304. The highest BCUT2D eigenvalue weighted by Gasteiger charge is 2.21. The van der Waals surface area contributed by atoms with E-state index in [4.69, 9.17) is 18.6 Å². The monoisotopic (exact) mass is 411 g/mol. The van der Waals surface area contributed by atoms with E-state index in [-0.39, 0.29) is 29.5 Å². The van der Waals surface area contributed by atoms with Crippen LogP contribution < -0.4 is 19.6 Å². The molecule has 0 aliphatic heterocycles. The molecule has 0 atom stereocenters. The van der Waals surface area contributed by atoms with E-state index in [1.807, 2.05) is 13.8 Å². The van der Waals surface area contributed by atoms with Crippen LogP contribution in [0.1, 0.15) is 13.8 Å². The Hall–Kier alpha value is -3.48. The fourth-order valence-electron chi connectivity index (χ4n) is 3.23. The maximum atomic E-state index is 13.2. The Labute approximate surface area is 174 Å². The average Bonchev–Trinajstić information content (AvgIpc) is 2.78. The quantitative estimate of drug-likeness (QED) is 0.562. The second kappa shape index (κ2) is 9.35. The first-order chi connectivity index (χ1) is 14.5. The van der Waals surface area contributed by atoms with Crippen molar-refractivity contribution in [2.24, 2.45) is 0 Å². The maximum Gasteiger partial charge on any atom is 0.260 e. The second-order valence-corrected chi connectivity index (χ2v) is 6.51. The number of nitrogens with zero attached hydrogens (tertiary/aromatic N) is 1. The lowest BCUT2D eigenvalue weighted by atomic mass is 10.1. The first-order valence-corrected chi connectivity index (χ1v) is 9.72. The Morgan fingerprint density at radius 3 is 2.37 bits per heavy atom. The third kappa shape index (κ3) is 4.10. The molecular weight excluding hydrogens is 386 g/mol. The predicted molar refractivity (Wildman–Crippen MR) is 114 cm³/mol. The van der Waals surface area contributed by atoms with Gasteiger partial charge in [0.2, 0.25) is 11.2 Å². The third-order valence-corrected chi connectivity index (χ3v) is 4.86. The zero-order chi connectivity index (χ0) is 21.7. The van der Waals surface area contributed by atoms with Crippen LogP contribution in [0.5, 0.6) is 17.2 Å². The summed E-state index contributed by atoms with van der Waals surface area (Å²) in [5.41, 5.74) is 0.657. The fourth-order valence-corrected chi connectivity index (χ4v) is 3.23. The smallest absolute Gasteiger partial charge is 0.260 e. The molecule has 1 aromatic heterocycles. The van der Waals surface area contributed by atoms with Gasteiger partial charge in [-0.2, -0.15) is 0 Å². The van der Waals surface area contributed by atoms with E-state index < -0.39 is 0 Å². The van der Waals surface area contributed by atoms with E-state index in [0.717, 1.165) is 0 Å². The number of carbonyl (C=O) groups is 1. The minimum atomic E-state index is -0.339. The molecule has 0 saturated carbocycles. The van der Waals surface area contributed by atoms with E-state index >= 15 is 0 Å². The zero-order valence-corrected chi connectivity index (χ0v) is 17.6. The van der Waals surface area contributed by atoms with Gasteiger partial charge in [-0.05, 0) is 44.2 Å². The molecule has 3 aromatic rings. The van der Waals surface area contributed by atoms with Crippen LogP contribution in [0.3, 0.4) is 0 Å². The normalized spacial score (nSPS) is 10.7. The molecule has 0 unspecified atom stereocenters. The van der Waals surface area contributed by atoms with Crippen molar-refractivity contribution in [2.75, 3.05) is 33.9 Å². The Bertz CT molecular complexity index is 1100. The molecule has 0 N–H and O–H groups in total. The van der Waals surface area contributed by atoms with E-state index in [2.05, 4.69) is 0 Å². The highest BCUT2D eigenvalue weighted by atomic mass is 16.5. The standard InChI is InChI=1S/C23H25NO6/c1-5-24(6-2)20(25)14-29-23-21(26)16-9-7-8-10-17(16)30-22(23)15-11-12-18(27-3)19(13-15)28-4/h7-13H,5-6,14H2,1-4H3. The van der Waals surface area contributed by atoms with Crippen LogP contribution in [-0.4, -0.2) is 44.7 Å². The number of rotatable bonds is 8. The number of hydrogen-bond donors (Lipinski definition) is 0. The lowest BCUT2D eigenvalue weighted by molar-refractivity contribution is -0.132. The third-order valence-electron chi connectivity index (χ3n) is 4.86. The van der Waals surface area contributed by atoms with Gasteiger partial charge < -0.3 is 23.5 Å². The van der Waals surface area contributed by atoms with Crippen molar-refractivity contribution in [2.45, 2.75) is 13.8 Å². The summed E-state index contributed by atoms with van der Waals surface area (Å²) in [7, 11) is 3.07. The van der Waals surface area contributed by atoms with Gasteiger partial charge >= 0.3 is 0 Å². The molecule has 158 valence electrons. The van der Waals surface area contributed by atoms with Crippen molar-refractivity contribution in [1.29, 1.82) is 0 Å². The lowest BCUT2D eigenvalue weighted by Gasteiger charge is -2.19. The van der Waals surface area contributed by atoms with Crippen molar-refractivity contribution in [3.05, 3.63) is 52.7 Å². The van der Waals surface area contributed by atoms with Gasteiger partial charge in [-0.3, -0.25) is 9.59 Å². The number of ether oxygens (including phenoxy) is 3. The van der Waals surface area contributed by atoms with Crippen LogP contribution in [0.25, 0.3) is 22.3 Å². The number of amides is 1. The average molecular weight is 411 g/mol. The summed E-state index contributed by atoms with van der Waals surface area (Å²) in [6.45, 7) is 4.65. The molecule has 2 aromatic carbocycles. The summed E-state index contributed by atoms with van der Waals surface area (Å²) in [5, 5.41) is 0.381. The summed E-state index contributed by atoms with van der Waals surface area (Å²) < 4.78 is 22.4. The van der Waals surface area contributed by atoms with E-state index in [1.54, 1.807) is 54.5 Å². The summed E-state index contributed by atoms with van der Waals surface area (Å²) in [4.78, 5) is 27.2. The molecule has 0 fully saturated rings. The van der Waals surface area contributed by atoms with Gasteiger partial charge in [0.1, 0.15) is 5.58 Å². The van der Waals surface area contributed by atoms with Crippen molar-refractivity contribution in [3.8, 4) is 28.6 Å². The number of carbonyl (C=O) groups excluding carboxylic acids is 1. The molecular formula is C23H25NO6. The Kier molecular flexibility index (Phi) is 6.61. The zero-order valence-electron chi connectivity index (χ0n) is 17.6. The minimum Gasteiger partial charge on any atom is -0.493 e. The largest absolute Gasteiger partial charge is 0.493 e. The maximum absolute atomic E-state index is 13.2. The second-order valence-electron chi connectivity index (χ2n) is 6.51. The number of methoxy groups -OCH3 is 2. The summed E-state index contributed by atoms with van der Waals surface area (Å²) in [5.74, 6) is 1.04.